The third-order valence-electron chi connectivity index (χ3n) is 4.71. The van der Waals surface area contributed by atoms with E-state index < -0.39 is 0 Å². The summed E-state index contributed by atoms with van der Waals surface area (Å²) in [7, 11) is 1.76. The van der Waals surface area contributed by atoms with Crippen LogP contribution in [0.5, 0.6) is 0 Å². The molecule has 0 aliphatic carbocycles. The molecule has 0 aliphatic rings. The first-order valence-electron chi connectivity index (χ1n) is 10.1. The second kappa shape index (κ2) is 10.9. The number of carbonyl (C=O) groups is 1. The van der Waals surface area contributed by atoms with Crippen LogP contribution in [0, 0.1) is 0 Å². The van der Waals surface area contributed by atoms with Gasteiger partial charge in [0.15, 0.2) is 11.7 Å². The number of nitrogens with zero attached hydrogens (tertiary/aromatic N) is 1. The van der Waals surface area contributed by atoms with Gasteiger partial charge in [-0.3, -0.25) is 9.79 Å². The van der Waals surface area contributed by atoms with E-state index in [0.29, 0.717) is 6.54 Å². The predicted molar refractivity (Wildman–Crippen MR) is 121 cm³/mol. The van der Waals surface area contributed by atoms with Crippen molar-refractivity contribution in [3.8, 4) is 0 Å². The lowest BCUT2D eigenvalue weighted by Crippen LogP contribution is -2.42. The zero-order chi connectivity index (χ0) is 21.2. The van der Waals surface area contributed by atoms with Gasteiger partial charge in [0.05, 0.1) is 6.26 Å². The molecule has 1 unspecified atom stereocenters. The molecule has 3 N–H and O–H groups in total. The monoisotopic (exact) mass is 404 g/mol. The van der Waals surface area contributed by atoms with Gasteiger partial charge in [-0.1, -0.05) is 42.5 Å². The highest BCUT2D eigenvalue weighted by Crippen LogP contribution is 2.13. The SMILES string of the molecule is CN=C(NCc1cccc(NC(=O)c2ccco2)c1)NC(C)CCc1ccccc1. The molecule has 1 heterocycles. The van der Waals surface area contributed by atoms with Crippen molar-refractivity contribution in [3.63, 3.8) is 0 Å². The third kappa shape index (κ3) is 6.51. The van der Waals surface area contributed by atoms with Crippen molar-refractivity contribution < 1.29 is 9.21 Å². The van der Waals surface area contributed by atoms with Crippen molar-refractivity contribution in [1.29, 1.82) is 0 Å². The molecule has 156 valence electrons. The van der Waals surface area contributed by atoms with Crippen molar-refractivity contribution in [3.05, 3.63) is 89.9 Å². The second-order valence-corrected chi connectivity index (χ2v) is 7.13. The Morgan fingerprint density at radius 2 is 1.83 bits per heavy atom. The molecule has 1 aromatic heterocycles. The Hall–Kier alpha value is -3.54. The molecular formula is C24H28N4O2. The molecule has 2 aromatic carbocycles. The molecule has 1 amide bonds. The minimum atomic E-state index is -0.269. The maximum atomic E-state index is 12.1. The lowest BCUT2D eigenvalue weighted by atomic mass is 10.1. The molecule has 6 nitrogen and oxygen atoms in total. The van der Waals surface area contributed by atoms with Gasteiger partial charge in [-0.25, -0.2) is 0 Å². The Kier molecular flexibility index (Phi) is 7.66. The van der Waals surface area contributed by atoms with Gasteiger partial charge < -0.3 is 20.4 Å². The van der Waals surface area contributed by atoms with Crippen LogP contribution in [0.1, 0.15) is 35.0 Å². The van der Waals surface area contributed by atoms with Crippen molar-refractivity contribution in [2.45, 2.75) is 32.4 Å². The highest BCUT2D eigenvalue weighted by Gasteiger charge is 2.09. The summed E-state index contributed by atoms with van der Waals surface area (Å²) in [5.41, 5.74) is 3.09. The number of rotatable bonds is 8. The molecule has 0 aliphatic heterocycles. The maximum absolute atomic E-state index is 12.1. The fraction of sp³-hybridized carbons (Fsp3) is 0.250. The normalized spacial score (nSPS) is 12.3. The molecule has 3 aromatic rings. The van der Waals surface area contributed by atoms with E-state index in [-0.39, 0.29) is 17.7 Å². The molecule has 3 rings (SSSR count). The molecular weight excluding hydrogens is 376 g/mol. The summed E-state index contributed by atoms with van der Waals surface area (Å²) in [4.78, 5) is 16.4. The number of carbonyl (C=O) groups excluding carboxylic acids is 1. The Labute approximate surface area is 177 Å². The smallest absolute Gasteiger partial charge is 0.291 e. The van der Waals surface area contributed by atoms with E-state index in [1.54, 1.807) is 19.2 Å². The zero-order valence-corrected chi connectivity index (χ0v) is 17.4. The number of hydrogen-bond donors (Lipinski definition) is 3. The zero-order valence-electron chi connectivity index (χ0n) is 17.4. The molecule has 6 heteroatoms. The number of furan rings is 1. The van der Waals surface area contributed by atoms with Crippen LogP contribution in [0.2, 0.25) is 0 Å². The van der Waals surface area contributed by atoms with Crippen LogP contribution in [0.3, 0.4) is 0 Å². The molecule has 0 bridgehead atoms. The van der Waals surface area contributed by atoms with Crippen LogP contribution in [-0.2, 0) is 13.0 Å². The largest absolute Gasteiger partial charge is 0.459 e. The average Bonchev–Trinajstić information content (AvgIpc) is 3.31. The van der Waals surface area contributed by atoms with E-state index in [4.69, 9.17) is 4.42 Å². The molecule has 0 saturated heterocycles. The quantitative estimate of drug-likeness (QED) is 0.388. The summed E-state index contributed by atoms with van der Waals surface area (Å²) in [6.07, 6.45) is 3.51. The Bertz CT molecular complexity index is 952. The van der Waals surface area contributed by atoms with Crippen LogP contribution in [0.4, 0.5) is 5.69 Å². The van der Waals surface area contributed by atoms with Crippen LogP contribution >= 0.6 is 0 Å². The van der Waals surface area contributed by atoms with Crippen molar-refractivity contribution in [2.24, 2.45) is 4.99 Å². The van der Waals surface area contributed by atoms with E-state index >= 15 is 0 Å². The minimum Gasteiger partial charge on any atom is -0.459 e. The number of guanidine groups is 1. The van der Waals surface area contributed by atoms with Crippen LogP contribution in [0.15, 0.2) is 82.4 Å². The third-order valence-corrected chi connectivity index (χ3v) is 4.71. The minimum absolute atomic E-state index is 0.269. The van der Waals surface area contributed by atoms with E-state index in [9.17, 15) is 4.79 Å². The number of aliphatic imine (C=N–C) groups is 1. The van der Waals surface area contributed by atoms with E-state index in [0.717, 1.165) is 30.1 Å². The maximum Gasteiger partial charge on any atom is 0.291 e. The fourth-order valence-electron chi connectivity index (χ4n) is 3.07. The standard InChI is InChI=1S/C24H28N4O2/c1-18(13-14-19-8-4-3-5-9-19)27-24(25-2)26-17-20-10-6-11-21(16-20)28-23(29)22-12-7-15-30-22/h3-12,15-16,18H,13-14,17H2,1-2H3,(H,28,29)(H2,25,26,27). The van der Waals surface area contributed by atoms with Gasteiger partial charge in [0, 0.05) is 25.3 Å². The second-order valence-electron chi connectivity index (χ2n) is 7.13. The van der Waals surface area contributed by atoms with Crippen LogP contribution in [0.25, 0.3) is 0 Å². The number of aryl methyl sites for hydroxylation is 1. The van der Waals surface area contributed by atoms with Crippen molar-refractivity contribution in [1.82, 2.24) is 10.6 Å². The molecule has 0 radical (unpaired) electrons. The Morgan fingerprint density at radius 1 is 1.03 bits per heavy atom. The van der Waals surface area contributed by atoms with E-state index in [2.05, 4.69) is 52.1 Å². The van der Waals surface area contributed by atoms with E-state index in [1.807, 2.05) is 30.3 Å². The molecule has 1 atom stereocenters. The van der Waals surface area contributed by atoms with Gasteiger partial charge in [-0.15, -0.1) is 0 Å². The number of nitrogens with one attached hydrogen (secondary N) is 3. The van der Waals surface area contributed by atoms with Gasteiger partial charge in [-0.05, 0) is 55.2 Å². The summed E-state index contributed by atoms with van der Waals surface area (Å²) in [5.74, 6) is 0.767. The lowest BCUT2D eigenvalue weighted by molar-refractivity contribution is 0.0996. The van der Waals surface area contributed by atoms with Crippen molar-refractivity contribution in [2.75, 3.05) is 12.4 Å². The number of hydrogen-bond acceptors (Lipinski definition) is 3. The number of benzene rings is 2. The van der Waals surface area contributed by atoms with E-state index in [1.165, 1.54) is 11.8 Å². The predicted octanol–water partition coefficient (Wildman–Crippen LogP) is 4.22. The summed E-state index contributed by atoms with van der Waals surface area (Å²) < 4.78 is 5.13. The van der Waals surface area contributed by atoms with Gasteiger partial charge in [0.25, 0.3) is 5.91 Å². The van der Waals surface area contributed by atoms with Gasteiger partial charge in [0.2, 0.25) is 0 Å². The molecule has 30 heavy (non-hydrogen) atoms. The van der Waals surface area contributed by atoms with Gasteiger partial charge >= 0.3 is 0 Å². The Balaban J connectivity index is 1.48. The van der Waals surface area contributed by atoms with Crippen LogP contribution < -0.4 is 16.0 Å². The first-order valence-corrected chi connectivity index (χ1v) is 10.1. The highest BCUT2D eigenvalue weighted by atomic mass is 16.3. The molecule has 0 spiro atoms. The number of amides is 1. The molecule has 0 saturated carbocycles. The summed E-state index contributed by atoms with van der Waals surface area (Å²) >= 11 is 0. The number of anilines is 1. The first-order chi connectivity index (χ1) is 14.6. The summed E-state index contributed by atoms with van der Waals surface area (Å²) in [5, 5.41) is 9.60. The molecule has 0 fully saturated rings. The van der Waals surface area contributed by atoms with Crippen LogP contribution in [-0.4, -0.2) is 25.0 Å². The summed E-state index contributed by atoms with van der Waals surface area (Å²) in [6.45, 7) is 2.75. The fourth-order valence-corrected chi connectivity index (χ4v) is 3.07. The summed E-state index contributed by atoms with van der Waals surface area (Å²) in [6, 6.07) is 21.8. The topological polar surface area (TPSA) is 78.7 Å². The first kappa shape index (κ1) is 21.2. The highest BCUT2D eigenvalue weighted by molar-refractivity contribution is 6.02. The Morgan fingerprint density at radius 3 is 2.57 bits per heavy atom. The van der Waals surface area contributed by atoms with Crippen molar-refractivity contribution >= 4 is 17.6 Å². The average molecular weight is 405 g/mol. The lowest BCUT2D eigenvalue weighted by Gasteiger charge is -2.18. The van der Waals surface area contributed by atoms with Gasteiger partial charge in [0.1, 0.15) is 0 Å². The van der Waals surface area contributed by atoms with Gasteiger partial charge in [-0.2, -0.15) is 0 Å².